The highest BCUT2D eigenvalue weighted by molar-refractivity contribution is 7.13. The SMILES string of the molecule is Cc1ncsc1-c1ccc(CCC(=O)[C@@H]2C[C@@H](O)CN2C(=O)[C@@H](CC(=O)CCCCCC(=O)N2CCN(c3ccc(C(=O)Nc4n[nH]c5ccc(Cc6cc(F)cc(F)c6)cc45)c(NC4CCOCC4)c3)CC2)C(C)(C)C)cc1. The molecule has 3 atom stereocenters. The summed E-state index contributed by atoms with van der Waals surface area (Å²) in [5.74, 6) is -2.30. The van der Waals surface area contributed by atoms with Crippen molar-refractivity contribution < 1.29 is 42.6 Å². The van der Waals surface area contributed by atoms with Gasteiger partial charge in [-0.05, 0) is 116 Å². The summed E-state index contributed by atoms with van der Waals surface area (Å²) in [6.45, 7) is 11.4. The molecule has 2 aromatic heterocycles. The molecule has 3 aliphatic rings. The van der Waals surface area contributed by atoms with Crippen LogP contribution in [-0.4, -0.2) is 124 Å². The van der Waals surface area contributed by atoms with Crippen LogP contribution in [-0.2, 0) is 36.8 Å². The monoisotopic (exact) mass is 1100 g/mol. The molecule has 3 amide bonds. The summed E-state index contributed by atoms with van der Waals surface area (Å²) in [6, 6.07) is 22.2. The lowest BCUT2D eigenvalue weighted by Crippen LogP contribution is -2.48. The number of nitrogens with one attached hydrogen (secondary N) is 3. The zero-order valence-corrected chi connectivity index (χ0v) is 46.4. The van der Waals surface area contributed by atoms with E-state index in [0.29, 0.717) is 105 Å². The Labute approximate surface area is 464 Å². The minimum absolute atomic E-state index is 0.0319. The Kier molecular flexibility index (Phi) is 18.3. The molecule has 0 aliphatic carbocycles. The highest BCUT2D eigenvalue weighted by Crippen LogP contribution is 2.36. The topological polar surface area (TPSA) is 190 Å². The second-order valence-corrected chi connectivity index (χ2v) is 23.4. The Balaban J connectivity index is 0.734. The number of anilines is 3. The van der Waals surface area contributed by atoms with E-state index < -0.39 is 35.1 Å². The number of Topliss-reactive ketones (excluding diaryl/α,β-unsaturated/α-hetero) is 2. The smallest absolute Gasteiger partial charge is 0.258 e. The number of benzene rings is 4. The molecule has 3 fully saturated rings. The third-order valence-corrected chi connectivity index (χ3v) is 16.7. The fraction of sp³-hybridized carbons (Fsp3) is 0.459. The number of carbonyl (C=O) groups excluding carboxylic acids is 5. The average Bonchev–Trinajstić information content (AvgIpc) is 4.19. The van der Waals surface area contributed by atoms with Crippen molar-refractivity contribution in [3.63, 3.8) is 0 Å². The van der Waals surface area contributed by atoms with E-state index in [9.17, 15) is 37.9 Å². The van der Waals surface area contributed by atoms with E-state index >= 15 is 0 Å². The van der Waals surface area contributed by atoms with Crippen molar-refractivity contribution >= 4 is 68.7 Å². The Morgan fingerprint density at radius 2 is 1.57 bits per heavy atom. The molecule has 5 heterocycles. The molecular formula is C61H72F2N8O7S. The van der Waals surface area contributed by atoms with Gasteiger partial charge in [0.25, 0.3) is 5.91 Å². The van der Waals surface area contributed by atoms with Gasteiger partial charge < -0.3 is 35.2 Å². The first-order chi connectivity index (χ1) is 37.9. The summed E-state index contributed by atoms with van der Waals surface area (Å²) >= 11 is 1.59. The van der Waals surface area contributed by atoms with Gasteiger partial charge in [0.05, 0.1) is 39.3 Å². The van der Waals surface area contributed by atoms with Crippen LogP contribution in [0.4, 0.5) is 26.0 Å². The number of ether oxygens (including phenoxy) is 1. The predicted molar refractivity (Wildman–Crippen MR) is 303 cm³/mol. The van der Waals surface area contributed by atoms with Crippen molar-refractivity contribution in [1.29, 1.82) is 0 Å². The van der Waals surface area contributed by atoms with Crippen molar-refractivity contribution in [2.75, 3.05) is 61.5 Å². The lowest BCUT2D eigenvalue weighted by Gasteiger charge is -2.36. The fourth-order valence-corrected chi connectivity index (χ4v) is 11.9. The predicted octanol–water partition coefficient (Wildman–Crippen LogP) is 10.1. The average molecular weight is 1100 g/mol. The molecule has 0 radical (unpaired) electrons. The van der Waals surface area contributed by atoms with Crippen molar-refractivity contribution in [2.24, 2.45) is 11.3 Å². The highest BCUT2D eigenvalue weighted by Gasteiger charge is 2.44. The van der Waals surface area contributed by atoms with E-state index in [2.05, 4.69) is 30.7 Å². The number of H-pyrrole nitrogens is 1. The number of carbonyl (C=O) groups is 5. The maximum absolute atomic E-state index is 14.2. The highest BCUT2D eigenvalue weighted by atomic mass is 32.1. The van der Waals surface area contributed by atoms with Gasteiger partial charge in [0, 0.05) is 113 Å². The van der Waals surface area contributed by atoms with Gasteiger partial charge in [-0.25, -0.2) is 13.8 Å². The number of rotatable bonds is 21. The van der Waals surface area contributed by atoms with E-state index in [1.807, 2.05) is 92.7 Å². The molecule has 0 unspecified atom stereocenters. The van der Waals surface area contributed by atoms with Gasteiger partial charge in [-0.15, -0.1) is 11.3 Å². The first-order valence-electron chi connectivity index (χ1n) is 27.7. The lowest BCUT2D eigenvalue weighted by atomic mass is 9.76. The number of aliphatic hydroxyl groups is 1. The zero-order chi connectivity index (χ0) is 55.8. The second-order valence-electron chi connectivity index (χ2n) is 22.5. The normalized spacial score (nSPS) is 17.5. The Morgan fingerprint density at radius 3 is 2.28 bits per heavy atom. The van der Waals surface area contributed by atoms with Crippen LogP contribution < -0.4 is 15.5 Å². The molecule has 6 aromatic rings. The number of aryl methyl sites for hydroxylation is 2. The maximum atomic E-state index is 14.2. The molecular weight excluding hydrogens is 1030 g/mol. The molecule has 3 saturated heterocycles. The summed E-state index contributed by atoms with van der Waals surface area (Å²) in [5.41, 5.74) is 8.34. The van der Waals surface area contributed by atoms with Crippen LogP contribution >= 0.6 is 11.3 Å². The Bertz CT molecular complexity index is 3120. The largest absolute Gasteiger partial charge is 0.391 e. The third kappa shape index (κ3) is 14.5. The number of unbranched alkanes of at least 4 members (excludes halogenated alkanes) is 2. The van der Waals surface area contributed by atoms with Gasteiger partial charge >= 0.3 is 0 Å². The standard InChI is InChI=1S/C61H72F2N8O7S/c1-38-57(79-37-64-38)42-14-10-39(11-15-42)13-19-55(74)54-35-48(73)36-71(54)60(77)51(61(2,3)4)34-47(72)8-6-5-7-9-56(75)70-24-22-69(23-25-70)46-16-17-49(53(33-46)65-45-20-26-78-27-21-45)59(76)66-58-50-31-40(12-18-52(50)67-68-58)28-41-29-43(62)32-44(63)30-41/h10-12,14-18,29-33,37,45,48,51,54,65,73H,5-9,13,19-28,34-36H2,1-4H3,(H2,66,67,68,76)/t48-,51-,54+/m1/s1. The van der Waals surface area contributed by atoms with E-state index in [4.69, 9.17) is 4.74 Å². The molecule has 79 heavy (non-hydrogen) atoms. The molecule has 3 aliphatic heterocycles. The molecule has 0 bridgehead atoms. The number of aromatic amines is 1. The van der Waals surface area contributed by atoms with Crippen molar-refractivity contribution in [3.05, 3.63) is 124 Å². The van der Waals surface area contributed by atoms with Gasteiger partial charge in [0.15, 0.2) is 11.6 Å². The Hall–Kier alpha value is -6.89. The number of halogens is 2. The van der Waals surface area contributed by atoms with Crippen molar-refractivity contribution in [1.82, 2.24) is 25.0 Å². The van der Waals surface area contributed by atoms with Crippen molar-refractivity contribution in [3.8, 4) is 10.4 Å². The lowest BCUT2D eigenvalue weighted by molar-refractivity contribution is -0.146. The molecule has 418 valence electrons. The minimum Gasteiger partial charge on any atom is -0.391 e. The van der Waals surface area contributed by atoms with E-state index in [1.54, 1.807) is 17.4 Å². The molecule has 0 saturated carbocycles. The molecule has 0 spiro atoms. The molecule has 9 rings (SSSR count). The first-order valence-corrected chi connectivity index (χ1v) is 28.6. The third-order valence-electron chi connectivity index (χ3n) is 15.7. The number of hydrogen-bond donors (Lipinski definition) is 4. The summed E-state index contributed by atoms with van der Waals surface area (Å²) < 4.78 is 33.5. The number of piperazine rings is 1. The second kappa shape index (κ2) is 25.5. The zero-order valence-electron chi connectivity index (χ0n) is 45.6. The number of aromatic nitrogens is 3. The van der Waals surface area contributed by atoms with Gasteiger partial charge in [-0.1, -0.05) is 57.5 Å². The molecule has 4 aromatic carbocycles. The van der Waals surface area contributed by atoms with E-state index in [-0.39, 0.29) is 74.0 Å². The number of amides is 3. The number of fused-ring (bicyclic) bond motifs is 1. The van der Waals surface area contributed by atoms with E-state index in [0.717, 1.165) is 51.9 Å². The number of hydrogen-bond acceptors (Lipinski definition) is 12. The number of aliphatic hydroxyl groups excluding tert-OH is 1. The van der Waals surface area contributed by atoms with Crippen LogP contribution in [0.1, 0.15) is 118 Å². The number of thiazole rings is 1. The Morgan fingerprint density at radius 1 is 0.848 bits per heavy atom. The number of β-amino-alcohol motifs (C(OH)–C–C–N with tert-alkyl or cyclic N) is 1. The molecule has 15 nitrogen and oxygen atoms in total. The maximum Gasteiger partial charge on any atom is 0.258 e. The van der Waals surface area contributed by atoms with Crippen LogP contribution in [0.5, 0.6) is 0 Å². The van der Waals surface area contributed by atoms with Gasteiger partial charge in [0.2, 0.25) is 11.8 Å². The fourth-order valence-electron chi connectivity index (χ4n) is 11.1. The summed E-state index contributed by atoms with van der Waals surface area (Å²) in [5, 5.41) is 25.3. The van der Waals surface area contributed by atoms with Crippen molar-refractivity contribution in [2.45, 2.75) is 123 Å². The van der Waals surface area contributed by atoms with Crippen LogP contribution in [0.2, 0.25) is 0 Å². The number of ketones is 2. The van der Waals surface area contributed by atoms with Crippen LogP contribution in [0.3, 0.4) is 0 Å². The summed E-state index contributed by atoms with van der Waals surface area (Å²) in [4.78, 5) is 80.0. The van der Waals surface area contributed by atoms with Crippen LogP contribution in [0, 0.1) is 29.9 Å². The van der Waals surface area contributed by atoms with Gasteiger partial charge in [-0.2, -0.15) is 5.10 Å². The molecule has 18 heteroatoms. The molecule has 4 N–H and O–H groups in total. The summed E-state index contributed by atoms with van der Waals surface area (Å²) in [6.07, 6.45) is 4.59. The number of nitrogens with zero attached hydrogens (tertiary/aromatic N) is 5. The quantitative estimate of drug-likeness (QED) is 0.0502. The van der Waals surface area contributed by atoms with E-state index in [1.165, 1.54) is 17.0 Å². The first kappa shape index (κ1) is 56.8. The summed E-state index contributed by atoms with van der Waals surface area (Å²) in [7, 11) is 0. The van der Waals surface area contributed by atoms with Crippen LogP contribution in [0.15, 0.2) is 84.4 Å². The van der Waals surface area contributed by atoms with Crippen LogP contribution in [0.25, 0.3) is 21.3 Å². The van der Waals surface area contributed by atoms with Gasteiger partial charge in [0.1, 0.15) is 17.4 Å². The number of likely N-dealkylation sites (tertiary alicyclic amines) is 1. The van der Waals surface area contributed by atoms with Gasteiger partial charge in [-0.3, -0.25) is 29.1 Å². The minimum atomic E-state index is -0.812.